The number of nitrogens with zero attached hydrogens (tertiary/aromatic N) is 1. The molecule has 0 aliphatic carbocycles. The zero-order valence-corrected chi connectivity index (χ0v) is 10.4. The van der Waals surface area contributed by atoms with E-state index in [-0.39, 0.29) is 11.6 Å². The number of nitrogens with one attached hydrogen (secondary N) is 1. The molecule has 2 aromatic heterocycles. The predicted molar refractivity (Wildman–Crippen MR) is 63.5 cm³/mol. The van der Waals surface area contributed by atoms with Gasteiger partial charge in [0.15, 0.2) is 0 Å². The highest BCUT2D eigenvalue weighted by atomic mass is 79.9. The van der Waals surface area contributed by atoms with Crippen molar-refractivity contribution in [2.75, 3.05) is 0 Å². The fourth-order valence-corrected chi connectivity index (χ4v) is 1.11. The summed E-state index contributed by atoms with van der Waals surface area (Å²) in [6.45, 7) is 0. The highest BCUT2D eigenvalue weighted by molar-refractivity contribution is 9.10. The van der Waals surface area contributed by atoms with Gasteiger partial charge in [0.2, 0.25) is 0 Å². The molecule has 0 aliphatic heterocycles. The quantitative estimate of drug-likeness (QED) is 0.591. The van der Waals surface area contributed by atoms with Crippen LogP contribution in [0.1, 0.15) is 0 Å². The number of rotatable bonds is 0. The number of hydrogen-bond acceptors (Lipinski definition) is 2. The SMILES string of the molecule is Fc1ccc(=S)[nH]c1.Fc1ccc(Br)nc1. The Hall–Kier alpha value is -1.14. The fraction of sp³-hybridized carbons (Fsp3) is 0. The summed E-state index contributed by atoms with van der Waals surface area (Å²) in [5.41, 5.74) is 0. The predicted octanol–water partition coefficient (Wildman–Crippen LogP) is 3.87. The molecular formula is C10H7BrF2N2S. The maximum atomic E-state index is 12.0. The molecule has 0 fully saturated rings. The van der Waals surface area contributed by atoms with Crippen LogP contribution >= 0.6 is 28.1 Å². The number of halogens is 3. The van der Waals surface area contributed by atoms with Crippen molar-refractivity contribution in [3.63, 3.8) is 0 Å². The molecule has 2 nitrogen and oxygen atoms in total. The van der Waals surface area contributed by atoms with Crippen molar-refractivity contribution in [3.05, 3.63) is 57.5 Å². The van der Waals surface area contributed by atoms with Gasteiger partial charge in [-0.2, -0.15) is 0 Å². The van der Waals surface area contributed by atoms with E-state index in [1.165, 1.54) is 24.4 Å². The second-order valence-corrected chi connectivity index (χ2v) is 3.92. The molecule has 84 valence electrons. The third kappa shape index (κ3) is 5.09. The van der Waals surface area contributed by atoms with Gasteiger partial charge in [-0.1, -0.05) is 12.2 Å². The van der Waals surface area contributed by atoms with Crippen molar-refractivity contribution in [3.8, 4) is 0 Å². The Balaban J connectivity index is 0.000000160. The van der Waals surface area contributed by atoms with Gasteiger partial charge in [-0.15, -0.1) is 0 Å². The lowest BCUT2D eigenvalue weighted by molar-refractivity contribution is 0.620. The van der Waals surface area contributed by atoms with Crippen LogP contribution in [0.5, 0.6) is 0 Å². The zero-order valence-electron chi connectivity index (χ0n) is 7.95. The second-order valence-electron chi connectivity index (χ2n) is 2.67. The van der Waals surface area contributed by atoms with Crippen LogP contribution in [0.15, 0.2) is 41.3 Å². The summed E-state index contributed by atoms with van der Waals surface area (Å²) in [6.07, 6.45) is 2.38. The van der Waals surface area contributed by atoms with Gasteiger partial charge in [0, 0.05) is 6.20 Å². The molecule has 2 heterocycles. The largest absolute Gasteiger partial charge is 0.350 e. The van der Waals surface area contributed by atoms with Crippen LogP contribution in [0.4, 0.5) is 8.78 Å². The Kier molecular flexibility index (Phi) is 5.21. The maximum Gasteiger partial charge on any atom is 0.141 e. The number of aromatic amines is 1. The van der Waals surface area contributed by atoms with Crippen molar-refractivity contribution < 1.29 is 8.78 Å². The van der Waals surface area contributed by atoms with Crippen molar-refractivity contribution in [1.82, 2.24) is 9.97 Å². The van der Waals surface area contributed by atoms with Crippen LogP contribution < -0.4 is 0 Å². The van der Waals surface area contributed by atoms with Gasteiger partial charge in [-0.3, -0.25) is 0 Å². The minimum atomic E-state index is -0.312. The van der Waals surface area contributed by atoms with Crippen LogP contribution in [-0.4, -0.2) is 9.97 Å². The molecule has 0 radical (unpaired) electrons. The Morgan fingerprint density at radius 3 is 2.19 bits per heavy atom. The van der Waals surface area contributed by atoms with E-state index in [0.29, 0.717) is 9.24 Å². The van der Waals surface area contributed by atoms with E-state index in [0.717, 1.165) is 6.20 Å². The van der Waals surface area contributed by atoms with E-state index in [1.54, 1.807) is 6.07 Å². The average Bonchev–Trinajstić information content (AvgIpc) is 2.28. The van der Waals surface area contributed by atoms with E-state index in [4.69, 9.17) is 0 Å². The van der Waals surface area contributed by atoms with Gasteiger partial charge < -0.3 is 4.98 Å². The highest BCUT2D eigenvalue weighted by Crippen LogP contribution is 2.03. The molecule has 16 heavy (non-hydrogen) atoms. The lowest BCUT2D eigenvalue weighted by Gasteiger charge is -1.84. The van der Waals surface area contributed by atoms with Gasteiger partial charge in [-0.05, 0) is 40.2 Å². The summed E-state index contributed by atoms with van der Waals surface area (Å²) < 4.78 is 25.2. The molecule has 2 aromatic rings. The first-order valence-electron chi connectivity index (χ1n) is 4.19. The molecule has 0 atom stereocenters. The van der Waals surface area contributed by atoms with E-state index in [9.17, 15) is 8.78 Å². The first-order valence-corrected chi connectivity index (χ1v) is 5.39. The highest BCUT2D eigenvalue weighted by Gasteiger charge is 1.86. The van der Waals surface area contributed by atoms with E-state index in [2.05, 4.69) is 38.1 Å². The van der Waals surface area contributed by atoms with Gasteiger partial charge in [0.1, 0.15) is 20.9 Å². The second kappa shape index (κ2) is 6.44. The van der Waals surface area contributed by atoms with Crippen LogP contribution in [0.25, 0.3) is 0 Å². The molecule has 0 saturated carbocycles. The summed E-state index contributed by atoms with van der Waals surface area (Å²) in [6, 6.07) is 5.72. The molecule has 6 heteroatoms. The molecule has 0 spiro atoms. The van der Waals surface area contributed by atoms with Gasteiger partial charge in [0.05, 0.1) is 6.20 Å². The van der Waals surface area contributed by atoms with Crippen LogP contribution in [0.3, 0.4) is 0 Å². The Labute approximate surface area is 104 Å². The Bertz CT molecular complexity index is 457. The molecule has 0 saturated heterocycles. The van der Waals surface area contributed by atoms with Crippen molar-refractivity contribution >= 4 is 28.1 Å². The minimum Gasteiger partial charge on any atom is -0.350 e. The third-order valence-electron chi connectivity index (χ3n) is 1.44. The minimum absolute atomic E-state index is 0.293. The molecule has 0 aromatic carbocycles. The zero-order chi connectivity index (χ0) is 12.0. The molecule has 0 unspecified atom stereocenters. The Morgan fingerprint density at radius 2 is 1.81 bits per heavy atom. The summed E-state index contributed by atoms with van der Waals surface area (Å²) in [5, 5.41) is 0. The van der Waals surface area contributed by atoms with Gasteiger partial charge in [0.25, 0.3) is 0 Å². The van der Waals surface area contributed by atoms with Crippen molar-refractivity contribution in [2.24, 2.45) is 0 Å². The van der Waals surface area contributed by atoms with Crippen molar-refractivity contribution in [1.29, 1.82) is 0 Å². The third-order valence-corrected chi connectivity index (χ3v) is 2.16. The summed E-state index contributed by atoms with van der Waals surface area (Å²) in [5.74, 6) is -0.605. The number of pyridine rings is 2. The topological polar surface area (TPSA) is 28.7 Å². The normalized spacial score (nSPS) is 9.19. The standard InChI is InChI=1S/C5H3BrFN.C5H4FNS/c6-5-2-1-4(7)3-8-5;6-4-1-2-5(8)7-3-4/h1-3H;1-3H,(H,7,8). The molecule has 0 bridgehead atoms. The fourth-order valence-electron chi connectivity index (χ4n) is 0.749. The van der Waals surface area contributed by atoms with E-state index in [1.807, 2.05) is 0 Å². The lowest BCUT2D eigenvalue weighted by atomic mass is 10.5. The van der Waals surface area contributed by atoms with Gasteiger partial charge in [-0.25, -0.2) is 13.8 Å². The van der Waals surface area contributed by atoms with Crippen LogP contribution in [0, 0.1) is 16.3 Å². The molecular weight excluding hydrogens is 298 g/mol. The average molecular weight is 305 g/mol. The number of H-pyrrole nitrogens is 1. The smallest absolute Gasteiger partial charge is 0.141 e. The number of hydrogen-bond donors (Lipinski definition) is 1. The monoisotopic (exact) mass is 304 g/mol. The molecule has 1 N–H and O–H groups in total. The molecule has 0 aliphatic rings. The van der Waals surface area contributed by atoms with Gasteiger partial charge >= 0.3 is 0 Å². The first kappa shape index (κ1) is 12.9. The Morgan fingerprint density at radius 1 is 1.12 bits per heavy atom. The number of aromatic nitrogens is 2. The maximum absolute atomic E-state index is 12.0. The summed E-state index contributed by atoms with van der Waals surface area (Å²) in [4.78, 5) is 6.16. The van der Waals surface area contributed by atoms with E-state index < -0.39 is 0 Å². The molecule has 2 rings (SSSR count). The van der Waals surface area contributed by atoms with E-state index >= 15 is 0 Å². The van der Waals surface area contributed by atoms with Crippen LogP contribution in [0.2, 0.25) is 0 Å². The summed E-state index contributed by atoms with van der Waals surface area (Å²) in [7, 11) is 0. The van der Waals surface area contributed by atoms with Crippen LogP contribution in [-0.2, 0) is 0 Å². The lowest BCUT2D eigenvalue weighted by Crippen LogP contribution is -1.75. The first-order chi connectivity index (χ1) is 7.58. The molecule has 0 amide bonds. The summed E-state index contributed by atoms with van der Waals surface area (Å²) >= 11 is 7.72. The van der Waals surface area contributed by atoms with Crippen molar-refractivity contribution in [2.45, 2.75) is 0 Å².